The molecule has 0 saturated carbocycles. The van der Waals surface area contributed by atoms with E-state index < -0.39 is 28.5 Å². The van der Waals surface area contributed by atoms with E-state index in [2.05, 4.69) is 5.32 Å². The predicted octanol–water partition coefficient (Wildman–Crippen LogP) is 6.75. The predicted molar refractivity (Wildman–Crippen MR) is 183 cm³/mol. The molecule has 0 aliphatic heterocycles. The van der Waals surface area contributed by atoms with Crippen molar-refractivity contribution in [2.45, 2.75) is 43.7 Å². The zero-order chi connectivity index (χ0) is 33.1. The molecule has 2 amide bonds. The van der Waals surface area contributed by atoms with Crippen molar-refractivity contribution in [1.29, 1.82) is 0 Å². The van der Waals surface area contributed by atoms with E-state index in [0.29, 0.717) is 27.9 Å². The fourth-order valence-electron chi connectivity index (χ4n) is 4.88. The number of hydrogen-bond donors (Lipinski definition) is 1. The summed E-state index contributed by atoms with van der Waals surface area (Å²) in [5.74, 6) is -0.441. The Hall–Kier alpha value is -4.05. The van der Waals surface area contributed by atoms with Gasteiger partial charge in [0.1, 0.15) is 18.3 Å². The number of halogens is 2. The number of ether oxygens (including phenoxy) is 1. The zero-order valence-electron chi connectivity index (χ0n) is 25.7. The van der Waals surface area contributed by atoms with Crippen molar-refractivity contribution in [2.75, 3.05) is 24.5 Å². The van der Waals surface area contributed by atoms with Gasteiger partial charge in [-0.25, -0.2) is 8.42 Å². The first-order chi connectivity index (χ1) is 22.1. The Morgan fingerprint density at radius 3 is 2.15 bits per heavy atom. The third kappa shape index (κ3) is 9.02. The smallest absolute Gasteiger partial charge is 0.264 e. The molecule has 0 unspecified atom stereocenters. The molecule has 0 radical (unpaired) electrons. The average Bonchev–Trinajstić information content (AvgIpc) is 3.07. The summed E-state index contributed by atoms with van der Waals surface area (Å²) in [5.41, 5.74) is 1.70. The number of anilines is 1. The fraction of sp³-hybridized carbons (Fsp3) is 0.257. The summed E-state index contributed by atoms with van der Waals surface area (Å²) in [4.78, 5) is 29.7. The van der Waals surface area contributed by atoms with Crippen LogP contribution in [0.1, 0.15) is 30.9 Å². The second-order valence-corrected chi connectivity index (χ2v) is 13.3. The van der Waals surface area contributed by atoms with E-state index >= 15 is 0 Å². The molecule has 0 bridgehead atoms. The lowest BCUT2D eigenvalue weighted by molar-refractivity contribution is -0.140. The molecule has 0 saturated heterocycles. The summed E-state index contributed by atoms with van der Waals surface area (Å²) in [7, 11) is -2.78. The first-order valence-electron chi connectivity index (χ1n) is 14.9. The van der Waals surface area contributed by atoms with Gasteiger partial charge in [-0.1, -0.05) is 85.1 Å². The minimum atomic E-state index is -4.26. The van der Waals surface area contributed by atoms with E-state index in [1.807, 2.05) is 37.3 Å². The number of unbranched alkanes of at least 4 members (excludes halogenated alkanes) is 1. The van der Waals surface area contributed by atoms with Gasteiger partial charge in [-0.3, -0.25) is 13.9 Å². The molecule has 4 aromatic carbocycles. The molecule has 0 aliphatic carbocycles. The van der Waals surface area contributed by atoms with Crippen LogP contribution in [0.5, 0.6) is 5.75 Å². The maximum Gasteiger partial charge on any atom is 0.264 e. The maximum absolute atomic E-state index is 14.5. The number of nitrogens with zero attached hydrogens (tertiary/aromatic N) is 2. The molecular formula is C35H37Cl2N3O5S. The molecule has 0 fully saturated rings. The maximum atomic E-state index is 14.5. The van der Waals surface area contributed by atoms with Crippen LogP contribution in [0.15, 0.2) is 108 Å². The summed E-state index contributed by atoms with van der Waals surface area (Å²) >= 11 is 12.7. The minimum absolute atomic E-state index is 0.0196. The van der Waals surface area contributed by atoms with E-state index in [-0.39, 0.29) is 29.5 Å². The molecule has 11 heteroatoms. The third-order valence-electron chi connectivity index (χ3n) is 7.44. The van der Waals surface area contributed by atoms with Gasteiger partial charge in [0.05, 0.1) is 17.7 Å². The van der Waals surface area contributed by atoms with Crippen molar-refractivity contribution in [3.63, 3.8) is 0 Å². The van der Waals surface area contributed by atoms with Gasteiger partial charge in [0.15, 0.2) is 0 Å². The van der Waals surface area contributed by atoms with Crippen molar-refractivity contribution in [1.82, 2.24) is 10.2 Å². The summed E-state index contributed by atoms with van der Waals surface area (Å²) in [6.45, 7) is 1.86. The van der Waals surface area contributed by atoms with Crippen LogP contribution in [0, 0.1) is 0 Å². The molecule has 0 heterocycles. The SMILES string of the molecule is CCCCNC(=O)[C@@H](Cc1ccccc1)N(Cc1ccccc1Cl)C(=O)CN(c1ccc(Cl)cc1)S(=O)(=O)c1ccc(OC)cc1. The van der Waals surface area contributed by atoms with Crippen molar-refractivity contribution in [3.05, 3.63) is 124 Å². The monoisotopic (exact) mass is 681 g/mol. The number of carbonyl (C=O) groups is 2. The Bertz CT molecular complexity index is 1700. The van der Waals surface area contributed by atoms with Gasteiger partial charge >= 0.3 is 0 Å². The second-order valence-electron chi connectivity index (χ2n) is 10.6. The third-order valence-corrected chi connectivity index (χ3v) is 9.85. The van der Waals surface area contributed by atoms with Crippen LogP contribution in [-0.4, -0.2) is 51.4 Å². The van der Waals surface area contributed by atoms with E-state index in [0.717, 1.165) is 22.7 Å². The number of benzene rings is 4. The molecule has 46 heavy (non-hydrogen) atoms. The lowest BCUT2D eigenvalue weighted by atomic mass is 10.0. The number of nitrogens with one attached hydrogen (secondary N) is 1. The van der Waals surface area contributed by atoms with Crippen molar-refractivity contribution in [2.24, 2.45) is 0 Å². The minimum Gasteiger partial charge on any atom is -0.497 e. The largest absolute Gasteiger partial charge is 0.497 e. The molecule has 1 atom stereocenters. The molecule has 0 aliphatic rings. The normalized spacial score (nSPS) is 11.8. The number of sulfonamides is 1. The molecular weight excluding hydrogens is 645 g/mol. The Morgan fingerprint density at radius 2 is 1.52 bits per heavy atom. The van der Waals surface area contributed by atoms with Gasteiger partial charge in [-0.2, -0.15) is 0 Å². The lowest BCUT2D eigenvalue weighted by Crippen LogP contribution is -2.53. The standard InChI is InChI=1S/C35H37Cl2N3O5S/c1-3-4-22-38-35(42)33(23-26-10-6-5-7-11-26)39(24-27-12-8-9-13-32(27)37)34(41)25-40(29-16-14-28(36)15-17-29)46(43,44)31-20-18-30(45-2)19-21-31/h5-21,33H,3-4,22-25H2,1-2H3,(H,38,42)/t33-/m1/s1. The van der Waals surface area contributed by atoms with Crippen molar-refractivity contribution < 1.29 is 22.7 Å². The highest BCUT2D eigenvalue weighted by atomic mass is 35.5. The lowest BCUT2D eigenvalue weighted by Gasteiger charge is -2.34. The van der Waals surface area contributed by atoms with Gasteiger partial charge in [0.2, 0.25) is 11.8 Å². The van der Waals surface area contributed by atoms with Crippen LogP contribution >= 0.6 is 23.2 Å². The average molecular weight is 683 g/mol. The van der Waals surface area contributed by atoms with Gasteiger partial charge in [0.25, 0.3) is 10.0 Å². The molecule has 0 aromatic heterocycles. The zero-order valence-corrected chi connectivity index (χ0v) is 28.1. The Labute approximate surface area is 280 Å². The van der Waals surface area contributed by atoms with Crippen molar-refractivity contribution in [3.8, 4) is 5.75 Å². The summed E-state index contributed by atoms with van der Waals surface area (Å²) in [6.07, 6.45) is 1.86. The second kappa shape index (κ2) is 16.5. The molecule has 4 aromatic rings. The molecule has 4 rings (SSSR count). The first-order valence-corrected chi connectivity index (χ1v) is 17.1. The summed E-state index contributed by atoms with van der Waals surface area (Å²) in [6, 6.07) is 27.6. The molecule has 0 spiro atoms. The van der Waals surface area contributed by atoms with E-state index in [4.69, 9.17) is 27.9 Å². The number of carbonyl (C=O) groups excluding carboxylic acids is 2. The quantitative estimate of drug-likeness (QED) is 0.140. The topological polar surface area (TPSA) is 96.0 Å². The highest BCUT2D eigenvalue weighted by Crippen LogP contribution is 2.28. The number of methoxy groups -OCH3 is 1. The Kier molecular flexibility index (Phi) is 12.5. The van der Waals surface area contributed by atoms with Gasteiger partial charge < -0.3 is 15.0 Å². The van der Waals surface area contributed by atoms with Gasteiger partial charge in [0, 0.05) is 29.6 Å². The highest BCUT2D eigenvalue weighted by molar-refractivity contribution is 7.92. The number of amides is 2. The number of hydrogen-bond acceptors (Lipinski definition) is 5. The van der Waals surface area contributed by atoms with Crippen LogP contribution < -0.4 is 14.4 Å². The van der Waals surface area contributed by atoms with Crippen LogP contribution in [0.4, 0.5) is 5.69 Å². The summed E-state index contributed by atoms with van der Waals surface area (Å²) in [5, 5.41) is 3.80. The molecule has 242 valence electrons. The molecule has 8 nitrogen and oxygen atoms in total. The van der Waals surface area contributed by atoms with Crippen molar-refractivity contribution >= 4 is 50.7 Å². The Morgan fingerprint density at radius 1 is 0.870 bits per heavy atom. The Balaban J connectivity index is 1.79. The van der Waals surface area contributed by atoms with E-state index in [9.17, 15) is 18.0 Å². The van der Waals surface area contributed by atoms with E-state index in [1.54, 1.807) is 36.4 Å². The fourth-order valence-corrected chi connectivity index (χ4v) is 6.62. The number of rotatable bonds is 15. The van der Waals surface area contributed by atoms with E-state index in [1.165, 1.54) is 48.4 Å². The molecule has 1 N–H and O–H groups in total. The van der Waals surface area contributed by atoms with Crippen LogP contribution in [-0.2, 0) is 32.6 Å². The highest BCUT2D eigenvalue weighted by Gasteiger charge is 2.35. The van der Waals surface area contributed by atoms with Gasteiger partial charge in [-0.05, 0) is 72.1 Å². The van der Waals surface area contributed by atoms with Crippen LogP contribution in [0.2, 0.25) is 10.0 Å². The van der Waals surface area contributed by atoms with Crippen LogP contribution in [0.25, 0.3) is 0 Å². The van der Waals surface area contributed by atoms with Gasteiger partial charge in [-0.15, -0.1) is 0 Å². The summed E-state index contributed by atoms with van der Waals surface area (Å²) < 4.78 is 34.5. The first kappa shape index (κ1) is 34.8. The van der Waals surface area contributed by atoms with Crippen LogP contribution in [0.3, 0.4) is 0 Å².